The molecule has 0 bridgehead atoms. The van der Waals surface area contributed by atoms with Gasteiger partial charge >= 0.3 is 0 Å². The lowest BCUT2D eigenvalue weighted by Gasteiger charge is -2.09. The van der Waals surface area contributed by atoms with Crippen molar-refractivity contribution in [2.45, 2.75) is 20.5 Å². The molecule has 2 rings (SSSR count). The molecule has 0 aromatic carbocycles. The molecule has 112 valence electrons. The number of hydrogen-bond acceptors (Lipinski definition) is 6. The summed E-state index contributed by atoms with van der Waals surface area (Å²) >= 11 is 0. The number of nitrogen functional groups attached to an aromatic ring is 1. The van der Waals surface area contributed by atoms with Crippen LogP contribution in [-0.2, 0) is 18.5 Å². The minimum absolute atomic E-state index is 0.140. The molecule has 5 N–H and O–H groups in total. The van der Waals surface area contributed by atoms with E-state index >= 15 is 0 Å². The van der Waals surface area contributed by atoms with Crippen LogP contribution in [0.15, 0.2) is 12.3 Å². The lowest BCUT2D eigenvalue weighted by Crippen LogP contribution is -2.17. The predicted molar refractivity (Wildman–Crippen MR) is 78.3 cm³/mol. The number of nitrogens with one attached hydrogen (secondary N) is 1. The normalized spacial score (nSPS) is 10.7. The summed E-state index contributed by atoms with van der Waals surface area (Å²) in [7, 11) is 1.75. The van der Waals surface area contributed by atoms with E-state index in [0.29, 0.717) is 34.0 Å². The average Bonchev–Trinajstić information content (AvgIpc) is 2.69. The number of nitrogens with zero attached hydrogens (tertiary/aromatic N) is 3. The lowest BCUT2D eigenvalue weighted by atomic mass is 10.1. The van der Waals surface area contributed by atoms with Gasteiger partial charge in [0.15, 0.2) is 0 Å². The largest absolute Gasteiger partial charge is 0.397 e. The number of rotatable bonds is 4. The van der Waals surface area contributed by atoms with Gasteiger partial charge in [-0.1, -0.05) is 0 Å². The van der Waals surface area contributed by atoms with Crippen molar-refractivity contribution in [3.8, 4) is 0 Å². The highest BCUT2D eigenvalue weighted by Crippen LogP contribution is 2.22. The minimum Gasteiger partial charge on any atom is -0.397 e. The third kappa shape index (κ3) is 3.01. The highest BCUT2D eigenvalue weighted by Gasteiger charge is 2.18. The molecular formula is C13H18N6O2. The summed E-state index contributed by atoms with van der Waals surface area (Å²) in [4.78, 5) is 21.1. The van der Waals surface area contributed by atoms with Gasteiger partial charge in [-0.15, -0.1) is 0 Å². The summed E-state index contributed by atoms with van der Waals surface area (Å²) in [6.07, 6.45) is 1.51. The Morgan fingerprint density at radius 3 is 2.81 bits per heavy atom. The lowest BCUT2D eigenvalue weighted by molar-refractivity contribution is 0.102. The van der Waals surface area contributed by atoms with Gasteiger partial charge in [0, 0.05) is 7.05 Å². The van der Waals surface area contributed by atoms with E-state index in [9.17, 15) is 4.79 Å². The van der Waals surface area contributed by atoms with Crippen LogP contribution in [0.1, 0.15) is 27.4 Å². The van der Waals surface area contributed by atoms with Gasteiger partial charge in [0.25, 0.3) is 5.91 Å². The number of anilines is 2. The van der Waals surface area contributed by atoms with Crippen LogP contribution in [0, 0.1) is 13.8 Å². The fourth-order valence-corrected chi connectivity index (χ4v) is 2.07. The van der Waals surface area contributed by atoms with Crippen LogP contribution in [0.5, 0.6) is 0 Å². The van der Waals surface area contributed by atoms with Gasteiger partial charge in [-0.3, -0.25) is 19.3 Å². The second-order valence-corrected chi connectivity index (χ2v) is 4.70. The fraction of sp³-hybridized carbons (Fsp3) is 0.308. The number of amides is 1. The van der Waals surface area contributed by atoms with E-state index in [1.807, 2.05) is 0 Å². The third-order valence-corrected chi connectivity index (χ3v) is 3.15. The standard InChI is InChI=1S/C13H18N6O2/c1-7-10(4-9(14)5-16-7)13(20)17-12-8(2)18-19(3)11(12)6-21-15/h4-5H,6,14-15H2,1-3H3,(H,17,20). The summed E-state index contributed by atoms with van der Waals surface area (Å²) < 4.78 is 1.61. The summed E-state index contributed by atoms with van der Waals surface area (Å²) in [5.41, 5.74) is 9.05. The second-order valence-electron chi connectivity index (χ2n) is 4.70. The fourth-order valence-electron chi connectivity index (χ4n) is 2.07. The molecule has 1 amide bonds. The summed E-state index contributed by atoms with van der Waals surface area (Å²) in [5.74, 6) is 4.81. The van der Waals surface area contributed by atoms with Crippen molar-refractivity contribution in [2.24, 2.45) is 12.9 Å². The molecule has 0 spiro atoms. The molecule has 0 fully saturated rings. The van der Waals surface area contributed by atoms with E-state index in [2.05, 4.69) is 20.2 Å². The van der Waals surface area contributed by atoms with Gasteiger partial charge in [0.05, 0.1) is 40.2 Å². The zero-order valence-electron chi connectivity index (χ0n) is 12.2. The maximum Gasteiger partial charge on any atom is 0.257 e. The van der Waals surface area contributed by atoms with E-state index in [1.54, 1.807) is 31.6 Å². The van der Waals surface area contributed by atoms with E-state index < -0.39 is 0 Å². The number of hydrogen-bond donors (Lipinski definition) is 3. The van der Waals surface area contributed by atoms with Crippen LogP contribution in [0.4, 0.5) is 11.4 Å². The van der Waals surface area contributed by atoms with Crippen LogP contribution in [0.25, 0.3) is 0 Å². The number of pyridine rings is 1. The minimum atomic E-state index is -0.304. The van der Waals surface area contributed by atoms with E-state index in [0.717, 1.165) is 0 Å². The van der Waals surface area contributed by atoms with Crippen molar-refractivity contribution in [3.05, 3.63) is 34.9 Å². The van der Waals surface area contributed by atoms with E-state index in [1.165, 1.54) is 6.20 Å². The predicted octanol–water partition coefficient (Wildman–Crippen LogP) is 0.657. The summed E-state index contributed by atoms with van der Waals surface area (Å²) in [6, 6.07) is 1.59. The molecule has 0 saturated carbocycles. The molecule has 8 heteroatoms. The Hall–Kier alpha value is -2.45. The highest BCUT2D eigenvalue weighted by molar-refractivity contribution is 6.06. The van der Waals surface area contributed by atoms with Crippen molar-refractivity contribution in [1.82, 2.24) is 14.8 Å². The van der Waals surface area contributed by atoms with Crippen LogP contribution < -0.4 is 16.9 Å². The van der Waals surface area contributed by atoms with Crippen molar-refractivity contribution in [2.75, 3.05) is 11.1 Å². The molecule has 0 aliphatic carbocycles. The molecule has 0 aliphatic heterocycles. The molecule has 2 aromatic heterocycles. The molecule has 0 saturated heterocycles. The Kier molecular flexibility index (Phi) is 4.20. The quantitative estimate of drug-likeness (QED) is 0.711. The van der Waals surface area contributed by atoms with E-state index in [-0.39, 0.29) is 12.5 Å². The highest BCUT2D eigenvalue weighted by atomic mass is 16.6. The zero-order valence-corrected chi connectivity index (χ0v) is 12.2. The maximum absolute atomic E-state index is 12.4. The van der Waals surface area contributed by atoms with Gasteiger partial charge in [0.1, 0.15) is 6.61 Å². The van der Waals surface area contributed by atoms with Gasteiger partial charge in [-0.25, -0.2) is 5.90 Å². The Balaban J connectivity index is 2.33. The average molecular weight is 290 g/mol. The van der Waals surface area contributed by atoms with Gasteiger partial charge in [-0.05, 0) is 19.9 Å². The number of carbonyl (C=O) groups is 1. The topological polar surface area (TPSA) is 121 Å². The van der Waals surface area contributed by atoms with Crippen LogP contribution in [-0.4, -0.2) is 20.7 Å². The molecule has 21 heavy (non-hydrogen) atoms. The SMILES string of the molecule is Cc1ncc(N)cc1C(=O)Nc1c(C)nn(C)c1CON. The molecule has 0 radical (unpaired) electrons. The zero-order chi connectivity index (χ0) is 15.6. The van der Waals surface area contributed by atoms with Crippen LogP contribution in [0.2, 0.25) is 0 Å². The maximum atomic E-state index is 12.4. The van der Waals surface area contributed by atoms with Gasteiger partial charge in [-0.2, -0.15) is 5.10 Å². The first-order chi connectivity index (χ1) is 9.93. The number of aryl methyl sites for hydroxylation is 3. The van der Waals surface area contributed by atoms with Gasteiger partial charge < -0.3 is 11.1 Å². The monoisotopic (exact) mass is 290 g/mol. The Labute approximate surface area is 122 Å². The molecule has 0 atom stereocenters. The summed E-state index contributed by atoms with van der Waals surface area (Å²) in [5, 5.41) is 7.06. The first-order valence-corrected chi connectivity index (χ1v) is 6.31. The first-order valence-electron chi connectivity index (χ1n) is 6.31. The van der Waals surface area contributed by atoms with E-state index in [4.69, 9.17) is 11.6 Å². The van der Waals surface area contributed by atoms with Crippen molar-refractivity contribution >= 4 is 17.3 Å². The van der Waals surface area contributed by atoms with Crippen molar-refractivity contribution in [3.63, 3.8) is 0 Å². The van der Waals surface area contributed by atoms with Crippen LogP contribution in [0.3, 0.4) is 0 Å². The number of aromatic nitrogens is 3. The Bertz CT molecular complexity index is 680. The van der Waals surface area contributed by atoms with Crippen LogP contribution >= 0.6 is 0 Å². The third-order valence-electron chi connectivity index (χ3n) is 3.15. The molecule has 0 unspecified atom stereocenters. The van der Waals surface area contributed by atoms with Crippen molar-refractivity contribution < 1.29 is 9.63 Å². The smallest absolute Gasteiger partial charge is 0.257 e. The Morgan fingerprint density at radius 2 is 2.14 bits per heavy atom. The number of nitrogens with two attached hydrogens (primary N) is 2. The van der Waals surface area contributed by atoms with Crippen molar-refractivity contribution in [1.29, 1.82) is 0 Å². The molecule has 2 heterocycles. The second kappa shape index (κ2) is 5.90. The number of carbonyl (C=O) groups excluding carboxylic acids is 1. The van der Waals surface area contributed by atoms with Gasteiger partial charge in [0.2, 0.25) is 0 Å². The molecule has 0 aliphatic rings. The summed E-state index contributed by atoms with van der Waals surface area (Å²) in [6.45, 7) is 3.68. The Morgan fingerprint density at radius 1 is 1.43 bits per heavy atom. The molecule has 8 nitrogen and oxygen atoms in total. The first kappa shape index (κ1) is 14.9. The molecule has 2 aromatic rings. The molecular weight excluding hydrogens is 272 g/mol.